The third kappa shape index (κ3) is 4.07. The molecule has 0 radical (unpaired) electrons. The van der Waals surface area contributed by atoms with Gasteiger partial charge in [0.1, 0.15) is 11.4 Å². The Labute approximate surface area is 146 Å². The minimum absolute atomic E-state index is 0.182. The fourth-order valence-corrected chi connectivity index (χ4v) is 2.52. The van der Waals surface area contributed by atoms with E-state index in [-0.39, 0.29) is 17.7 Å². The summed E-state index contributed by atoms with van der Waals surface area (Å²) in [5.74, 6) is 0.669. The summed E-state index contributed by atoms with van der Waals surface area (Å²) in [6, 6.07) is 18.7. The van der Waals surface area contributed by atoms with Gasteiger partial charge in [0.05, 0.1) is 12.6 Å². The molecule has 0 spiro atoms. The molecule has 0 saturated carbocycles. The van der Waals surface area contributed by atoms with E-state index in [4.69, 9.17) is 9.26 Å². The van der Waals surface area contributed by atoms with Gasteiger partial charge >= 0.3 is 0 Å². The average molecular weight is 336 g/mol. The molecule has 0 fully saturated rings. The van der Waals surface area contributed by atoms with Crippen LogP contribution in [0.4, 0.5) is 0 Å². The smallest absolute Gasteiger partial charge is 0.290 e. The van der Waals surface area contributed by atoms with E-state index in [1.54, 1.807) is 6.07 Å². The van der Waals surface area contributed by atoms with E-state index in [1.165, 1.54) is 0 Å². The summed E-state index contributed by atoms with van der Waals surface area (Å²) in [5, 5.41) is 6.89. The number of rotatable bonds is 6. The summed E-state index contributed by atoms with van der Waals surface area (Å²) in [6.45, 7) is 4.45. The fraction of sp³-hybridized carbons (Fsp3) is 0.200. The molecule has 1 aromatic heterocycles. The fourth-order valence-electron chi connectivity index (χ4n) is 2.52. The van der Waals surface area contributed by atoms with Crippen LogP contribution in [0.2, 0.25) is 0 Å². The molecule has 5 heteroatoms. The average Bonchev–Trinajstić information content (AvgIpc) is 3.13. The van der Waals surface area contributed by atoms with Crippen LogP contribution >= 0.6 is 0 Å². The van der Waals surface area contributed by atoms with Gasteiger partial charge in [0.25, 0.3) is 5.91 Å². The zero-order valence-corrected chi connectivity index (χ0v) is 14.2. The molecule has 25 heavy (non-hydrogen) atoms. The van der Waals surface area contributed by atoms with Gasteiger partial charge < -0.3 is 14.6 Å². The molecular weight excluding hydrogens is 316 g/mol. The molecule has 1 heterocycles. The minimum atomic E-state index is -0.302. The number of hydrogen-bond acceptors (Lipinski definition) is 4. The highest BCUT2D eigenvalue weighted by Crippen LogP contribution is 2.21. The number of amides is 1. The molecule has 0 bridgehead atoms. The molecule has 5 nitrogen and oxygen atoms in total. The van der Waals surface area contributed by atoms with Gasteiger partial charge in [-0.1, -0.05) is 47.6 Å². The van der Waals surface area contributed by atoms with Gasteiger partial charge in [0.2, 0.25) is 5.76 Å². The lowest BCUT2D eigenvalue weighted by Crippen LogP contribution is -2.26. The molecule has 1 atom stereocenters. The third-order valence-electron chi connectivity index (χ3n) is 3.82. The van der Waals surface area contributed by atoms with Crippen LogP contribution in [0.5, 0.6) is 5.75 Å². The van der Waals surface area contributed by atoms with Gasteiger partial charge in [-0.3, -0.25) is 4.79 Å². The molecule has 0 saturated heterocycles. The van der Waals surface area contributed by atoms with E-state index in [0.29, 0.717) is 12.3 Å². The zero-order chi connectivity index (χ0) is 17.6. The summed E-state index contributed by atoms with van der Waals surface area (Å²) < 4.78 is 10.7. The molecule has 1 N–H and O–H groups in total. The second-order valence-electron chi connectivity index (χ2n) is 5.64. The van der Waals surface area contributed by atoms with Gasteiger partial charge in [-0.2, -0.15) is 0 Å². The van der Waals surface area contributed by atoms with Crippen molar-refractivity contribution in [3.05, 3.63) is 72.0 Å². The van der Waals surface area contributed by atoms with E-state index in [9.17, 15) is 4.79 Å². The van der Waals surface area contributed by atoms with Crippen LogP contribution in [0.25, 0.3) is 11.3 Å². The quantitative estimate of drug-likeness (QED) is 0.731. The topological polar surface area (TPSA) is 64.4 Å². The van der Waals surface area contributed by atoms with Crippen molar-refractivity contribution in [3.63, 3.8) is 0 Å². The molecule has 0 aliphatic carbocycles. The van der Waals surface area contributed by atoms with Crippen LogP contribution < -0.4 is 10.1 Å². The van der Waals surface area contributed by atoms with E-state index in [2.05, 4.69) is 10.5 Å². The summed E-state index contributed by atoms with van der Waals surface area (Å²) >= 11 is 0. The lowest BCUT2D eigenvalue weighted by Gasteiger charge is -2.14. The van der Waals surface area contributed by atoms with Crippen LogP contribution in [-0.4, -0.2) is 17.7 Å². The molecule has 1 amide bonds. The van der Waals surface area contributed by atoms with Crippen molar-refractivity contribution in [2.24, 2.45) is 0 Å². The van der Waals surface area contributed by atoms with Crippen LogP contribution in [0.15, 0.2) is 65.2 Å². The van der Waals surface area contributed by atoms with Gasteiger partial charge in [0, 0.05) is 11.6 Å². The second-order valence-corrected chi connectivity index (χ2v) is 5.64. The van der Waals surface area contributed by atoms with Gasteiger partial charge in [-0.05, 0) is 31.5 Å². The highest BCUT2D eigenvalue weighted by molar-refractivity contribution is 5.92. The first-order valence-electron chi connectivity index (χ1n) is 8.23. The summed E-state index contributed by atoms with van der Waals surface area (Å²) in [6.07, 6.45) is 0. The maximum absolute atomic E-state index is 12.4. The molecule has 128 valence electrons. The number of benzene rings is 2. The Kier molecular flexibility index (Phi) is 5.14. The van der Waals surface area contributed by atoms with Crippen molar-refractivity contribution in [1.29, 1.82) is 0 Å². The maximum Gasteiger partial charge on any atom is 0.290 e. The predicted octanol–water partition coefficient (Wildman–Crippen LogP) is 4.23. The Morgan fingerprint density at radius 3 is 2.72 bits per heavy atom. The molecular formula is C20H20N2O3. The highest BCUT2D eigenvalue weighted by atomic mass is 16.5. The largest absolute Gasteiger partial charge is 0.494 e. The van der Waals surface area contributed by atoms with Crippen molar-refractivity contribution in [1.82, 2.24) is 10.5 Å². The molecule has 1 unspecified atom stereocenters. The lowest BCUT2D eigenvalue weighted by atomic mass is 10.1. The van der Waals surface area contributed by atoms with Crippen LogP contribution in [0.3, 0.4) is 0 Å². The molecule has 3 rings (SSSR count). The zero-order valence-electron chi connectivity index (χ0n) is 14.2. The maximum atomic E-state index is 12.4. The number of ether oxygens (including phenoxy) is 1. The normalized spacial score (nSPS) is 11.8. The SMILES string of the molecule is CCOc1cccc(C(C)NC(=O)c2cc(-c3ccccc3)no2)c1. The number of hydrogen-bond donors (Lipinski definition) is 1. The molecule has 2 aromatic carbocycles. The lowest BCUT2D eigenvalue weighted by molar-refractivity contribution is 0.0902. The summed E-state index contributed by atoms with van der Waals surface area (Å²) in [7, 11) is 0. The summed E-state index contributed by atoms with van der Waals surface area (Å²) in [4.78, 5) is 12.4. The van der Waals surface area contributed by atoms with E-state index in [0.717, 1.165) is 16.9 Å². The van der Waals surface area contributed by atoms with E-state index >= 15 is 0 Å². The first kappa shape index (κ1) is 16.8. The monoisotopic (exact) mass is 336 g/mol. The second kappa shape index (κ2) is 7.66. The van der Waals surface area contributed by atoms with Crippen LogP contribution in [-0.2, 0) is 0 Å². The van der Waals surface area contributed by atoms with Gasteiger partial charge in [-0.15, -0.1) is 0 Å². The highest BCUT2D eigenvalue weighted by Gasteiger charge is 2.17. The Morgan fingerprint density at radius 2 is 1.96 bits per heavy atom. The van der Waals surface area contributed by atoms with E-state index in [1.807, 2.05) is 68.4 Å². The van der Waals surface area contributed by atoms with Crippen molar-refractivity contribution in [2.45, 2.75) is 19.9 Å². The Hall–Kier alpha value is -3.08. The Balaban J connectivity index is 1.70. The number of carbonyl (C=O) groups is 1. The summed E-state index contributed by atoms with van der Waals surface area (Å²) in [5.41, 5.74) is 2.50. The van der Waals surface area contributed by atoms with Gasteiger partial charge in [-0.25, -0.2) is 0 Å². The van der Waals surface area contributed by atoms with Crippen molar-refractivity contribution in [2.75, 3.05) is 6.61 Å². The van der Waals surface area contributed by atoms with Gasteiger partial charge in [0.15, 0.2) is 0 Å². The van der Waals surface area contributed by atoms with Crippen molar-refractivity contribution >= 4 is 5.91 Å². The Bertz CT molecular complexity index is 843. The first-order chi connectivity index (χ1) is 12.2. The standard InChI is InChI=1S/C20H20N2O3/c1-3-24-17-11-7-10-16(12-17)14(2)21-20(23)19-13-18(22-25-19)15-8-5-4-6-9-15/h4-14H,3H2,1-2H3,(H,21,23). The number of nitrogens with one attached hydrogen (secondary N) is 1. The number of aromatic nitrogens is 1. The molecule has 3 aromatic rings. The molecule has 0 aliphatic rings. The Morgan fingerprint density at radius 1 is 1.16 bits per heavy atom. The molecule has 0 aliphatic heterocycles. The van der Waals surface area contributed by atoms with E-state index < -0.39 is 0 Å². The van der Waals surface area contributed by atoms with Crippen LogP contribution in [0.1, 0.15) is 36.0 Å². The van der Waals surface area contributed by atoms with Crippen molar-refractivity contribution in [3.8, 4) is 17.0 Å². The number of nitrogens with zero attached hydrogens (tertiary/aromatic N) is 1. The third-order valence-corrected chi connectivity index (χ3v) is 3.82. The first-order valence-corrected chi connectivity index (χ1v) is 8.23. The minimum Gasteiger partial charge on any atom is -0.494 e. The number of carbonyl (C=O) groups excluding carboxylic acids is 1. The van der Waals surface area contributed by atoms with Crippen molar-refractivity contribution < 1.29 is 14.1 Å². The predicted molar refractivity (Wildman–Crippen MR) is 95.4 cm³/mol. The van der Waals surface area contributed by atoms with Crippen LogP contribution in [0, 0.1) is 0 Å².